The fourth-order valence-electron chi connectivity index (χ4n) is 5.94. The Kier molecular flexibility index (Phi) is 9.48. The zero-order valence-corrected chi connectivity index (χ0v) is 24.6. The summed E-state index contributed by atoms with van der Waals surface area (Å²) in [4.78, 5) is 71.7. The van der Waals surface area contributed by atoms with E-state index in [9.17, 15) is 29.1 Å². The third kappa shape index (κ3) is 7.15. The van der Waals surface area contributed by atoms with Crippen LogP contribution in [0.2, 0.25) is 0 Å². The third-order valence-corrected chi connectivity index (χ3v) is 8.30. The van der Waals surface area contributed by atoms with Gasteiger partial charge in [0.15, 0.2) is 0 Å². The first kappa shape index (κ1) is 31.3. The second-order valence-electron chi connectivity index (χ2n) is 11.4. The van der Waals surface area contributed by atoms with Crippen molar-refractivity contribution in [1.29, 1.82) is 0 Å². The lowest BCUT2D eigenvalue weighted by atomic mass is 10.0. The van der Waals surface area contributed by atoms with E-state index in [1.54, 1.807) is 12.4 Å². The molecule has 2 aromatic carbocycles. The van der Waals surface area contributed by atoms with E-state index in [2.05, 4.69) is 20.6 Å². The number of nitrogens with one attached hydrogen (secondary N) is 4. The summed E-state index contributed by atoms with van der Waals surface area (Å²) in [6.07, 6.45) is 4.30. The Labute approximate surface area is 258 Å². The first-order valence-corrected chi connectivity index (χ1v) is 14.9. The van der Waals surface area contributed by atoms with Crippen LogP contribution in [0.5, 0.6) is 0 Å². The summed E-state index contributed by atoms with van der Waals surface area (Å²) >= 11 is 0. The van der Waals surface area contributed by atoms with Gasteiger partial charge in [0.25, 0.3) is 0 Å². The maximum absolute atomic E-state index is 13.8. The van der Waals surface area contributed by atoms with Crippen LogP contribution in [0, 0.1) is 0 Å². The van der Waals surface area contributed by atoms with Gasteiger partial charge in [0, 0.05) is 53.6 Å². The van der Waals surface area contributed by atoms with Crippen LogP contribution in [0.25, 0.3) is 21.8 Å². The quantitative estimate of drug-likeness (QED) is 0.116. The van der Waals surface area contributed by atoms with Crippen LogP contribution < -0.4 is 22.1 Å². The van der Waals surface area contributed by atoms with Gasteiger partial charge >= 0.3 is 5.97 Å². The summed E-state index contributed by atoms with van der Waals surface area (Å²) in [5, 5.41) is 17.0. The number of aromatic nitrogens is 2. The largest absolute Gasteiger partial charge is 0.480 e. The third-order valence-electron chi connectivity index (χ3n) is 8.30. The lowest BCUT2D eigenvalue weighted by Crippen LogP contribution is -2.57. The van der Waals surface area contributed by atoms with Gasteiger partial charge in [-0.2, -0.15) is 0 Å². The highest BCUT2D eigenvalue weighted by atomic mass is 16.4. The van der Waals surface area contributed by atoms with Gasteiger partial charge in [-0.05, 0) is 48.9 Å². The number of hydrogen-bond acceptors (Lipinski definition) is 6. The molecule has 4 atom stereocenters. The Balaban J connectivity index is 1.26. The molecule has 1 aliphatic heterocycles. The van der Waals surface area contributed by atoms with Crippen LogP contribution in [-0.2, 0) is 36.8 Å². The summed E-state index contributed by atoms with van der Waals surface area (Å²) in [5.41, 5.74) is 14.9. The van der Waals surface area contributed by atoms with Gasteiger partial charge in [0.05, 0.1) is 6.04 Å². The average Bonchev–Trinajstić information content (AvgIpc) is 3.77. The minimum Gasteiger partial charge on any atom is -0.480 e. The number of likely N-dealkylation sites (tertiary alicyclic amines) is 1. The number of carbonyl (C=O) groups is 5. The molecule has 45 heavy (non-hydrogen) atoms. The highest BCUT2D eigenvalue weighted by Gasteiger charge is 2.39. The number of fused-ring (bicyclic) bond motifs is 2. The number of hydrogen-bond donors (Lipinski definition) is 7. The Morgan fingerprint density at radius 1 is 0.889 bits per heavy atom. The van der Waals surface area contributed by atoms with Crippen molar-refractivity contribution in [1.82, 2.24) is 25.5 Å². The van der Waals surface area contributed by atoms with E-state index in [0.717, 1.165) is 32.9 Å². The van der Waals surface area contributed by atoms with Crippen molar-refractivity contribution in [2.24, 2.45) is 11.5 Å². The maximum Gasteiger partial charge on any atom is 0.326 e. The molecule has 4 aromatic rings. The number of amides is 4. The molecule has 0 bridgehead atoms. The number of carbonyl (C=O) groups excluding carboxylic acids is 4. The van der Waals surface area contributed by atoms with Crippen molar-refractivity contribution in [3.8, 4) is 0 Å². The van der Waals surface area contributed by atoms with Gasteiger partial charge < -0.3 is 42.1 Å². The average molecular weight is 616 g/mol. The molecule has 5 rings (SSSR count). The zero-order chi connectivity index (χ0) is 32.1. The summed E-state index contributed by atoms with van der Waals surface area (Å²) in [7, 11) is 0. The van der Waals surface area contributed by atoms with Gasteiger partial charge in [-0.1, -0.05) is 36.4 Å². The smallest absolute Gasteiger partial charge is 0.326 e. The predicted octanol–water partition coefficient (Wildman–Crippen LogP) is 1.07. The molecule has 1 fully saturated rings. The van der Waals surface area contributed by atoms with Crippen LogP contribution in [-0.4, -0.2) is 80.3 Å². The van der Waals surface area contributed by atoms with Gasteiger partial charge in [-0.15, -0.1) is 0 Å². The lowest BCUT2D eigenvalue weighted by Gasteiger charge is -2.30. The molecule has 1 aliphatic rings. The molecule has 13 heteroatoms. The lowest BCUT2D eigenvalue weighted by molar-refractivity contribution is -0.145. The van der Waals surface area contributed by atoms with Crippen molar-refractivity contribution >= 4 is 51.4 Å². The summed E-state index contributed by atoms with van der Waals surface area (Å²) in [5.74, 6) is -3.62. The van der Waals surface area contributed by atoms with Crippen molar-refractivity contribution in [2.75, 3.05) is 6.54 Å². The van der Waals surface area contributed by atoms with Crippen molar-refractivity contribution in [3.05, 3.63) is 72.1 Å². The topological polar surface area (TPSA) is 216 Å². The molecule has 4 unspecified atom stereocenters. The Morgan fingerprint density at radius 2 is 1.49 bits per heavy atom. The number of nitrogens with zero attached hydrogens (tertiary/aromatic N) is 1. The monoisotopic (exact) mass is 615 g/mol. The van der Waals surface area contributed by atoms with Crippen LogP contribution in [0.1, 0.15) is 36.8 Å². The SMILES string of the molecule is NC(=O)CCC(NC(=O)C(N)Cc1c[nH]c2ccccc12)C(=O)N1CCCC1C(=O)NC(Cc1c[nH]c2ccccc12)C(=O)O. The number of carboxylic acid groups (broad SMARTS) is 1. The molecule has 4 amide bonds. The molecule has 0 spiro atoms. The predicted molar refractivity (Wildman–Crippen MR) is 167 cm³/mol. The van der Waals surface area contributed by atoms with E-state index >= 15 is 0 Å². The molecular weight excluding hydrogens is 578 g/mol. The van der Waals surface area contributed by atoms with E-state index in [4.69, 9.17) is 11.5 Å². The van der Waals surface area contributed by atoms with Crippen molar-refractivity contribution in [3.63, 3.8) is 0 Å². The fourth-order valence-corrected chi connectivity index (χ4v) is 5.94. The van der Waals surface area contributed by atoms with E-state index in [0.29, 0.717) is 12.8 Å². The number of aromatic amines is 2. The van der Waals surface area contributed by atoms with E-state index in [-0.39, 0.29) is 32.2 Å². The minimum atomic E-state index is -1.23. The number of rotatable bonds is 13. The number of aliphatic carboxylic acids is 1. The van der Waals surface area contributed by atoms with Crippen LogP contribution in [0.3, 0.4) is 0 Å². The normalized spacial score (nSPS) is 16.7. The first-order chi connectivity index (χ1) is 21.6. The van der Waals surface area contributed by atoms with Crippen LogP contribution >= 0.6 is 0 Å². The van der Waals surface area contributed by atoms with Crippen LogP contribution in [0.15, 0.2) is 60.9 Å². The minimum absolute atomic E-state index is 0.0391. The fraction of sp³-hybridized carbons (Fsp3) is 0.344. The molecule has 236 valence electrons. The number of H-pyrrole nitrogens is 2. The molecule has 13 nitrogen and oxygen atoms in total. The molecule has 3 heterocycles. The van der Waals surface area contributed by atoms with Gasteiger partial charge in [0.1, 0.15) is 18.1 Å². The van der Waals surface area contributed by atoms with E-state index in [1.165, 1.54) is 4.90 Å². The van der Waals surface area contributed by atoms with Crippen LogP contribution in [0.4, 0.5) is 0 Å². The molecule has 0 radical (unpaired) electrons. The van der Waals surface area contributed by atoms with E-state index in [1.807, 2.05) is 48.5 Å². The van der Waals surface area contributed by atoms with Gasteiger partial charge in [-0.3, -0.25) is 19.2 Å². The summed E-state index contributed by atoms with van der Waals surface area (Å²) in [6.45, 7) is 0.224. The zero-order valence-electron chi connectivity index (χ0n) is 24.6. The second kappa shape index (κ2) is 13.6. The Morgan fingerprint density at radius 3 is 2.09 bits per heavy atom. The highest BCUT2D eigenvalue weighted by molar-refractivity contribution is 5.95. The molecule has 2 aromatic heterocycles. The van der Waals surface area contributed by atoms with Crippen molar-refractivity contribution in [2.45, 2.75) is 62.7 Å². The molecule has 0 aliphatic carbocycles. The summed E-state index contributed by atoms with van der Waals surface area (Å²) < 4.78 is 0. The van der Waals surface area contributed by atoms with E-state index < -0.39 is 53.8 Å². The Bertz CT molecular complexity index is 1730. The molecule has 0 saturated carbocycles. The number of para-hydroxylation sites is 2. The second-order valence-corrected chi connectivity index (χ2v) is 11.4. The van der Waals surface area contributed by atoms with Gasteiger partial charge in [-0.25, -0.2) is 4.79 Å². The highest BCUT2D eigenvalue weighted by Crippen LogP contribution is 2.23. The number of primary amides is 1. The van der Waals surface area contributed by atoms with Gasteiger partial charge in [0.2, 0.25) is 23.6 Å². The number of nitrogens with two attached hydrogens (primary N) is 2. The number of benzene rings is 2. The molecule has 9 N–H and O–H groups in total. The Hall–Kier alpha value is -5.17. The van der Waals surface area contributed by atoms with Crippen molar-refractivity contribution < 1.29 is 29.1 Å². The molecule has 1 saturated heterocycles. The first-order valence-electron chi connectivity index (χ1n) is 14.9. The summed E-state index contributed by atoms with van der Waals surface area (Å²) in [6, 6.07) is 10.7. The number of carboxylic acids is 1. The maximum atomic E-state index is 13.8. The molecular formula is C32H37N7O6. The standard InChI is InChI=1S/C32H37N7O6/c33-22(14-18-16-35-23-8-3-1-6-20(18)23)29(41)37-25(11-12-28(34)40)31(43)39-13-5-10-27(39)30(42)38-26(32(44)45)15-19-17-36-24-9-4-2-7-21(19)24/h1-4,6-9,16-17,22,25-27,35-36H,5,10-15,33H2,(H2,34,40)(H,37,41)(H,38,42)(H,44,45).